The third-order valence-corrected chi connectivity index (χ3v) is 2.47. The van der Waals surface area contributed by atoms with E-state index in [0.717, 1.165) is 0 Å². The Kier molecular flexibility index (Phi) is 2.32. The van der Waals surface area contributed by atoms with Gasteiger partial charge in [-0.2, -0.15) is 0 Å². The number of benzene rings is 2. The van der Waals surface area contributed by atoms with Gasteiger partial charge in [-0.15, -0.1) is 0 Å². The number of hydrogen-bond donors (Lipinski definition) is 2. The first kappa shape index (κ1) is 10.2. The van der Waals surface area contributed by atoms with Crippen LogP contribution in [0.2, 0.25) is 0 Å². The number of carbonyl (C=O) groups is 2. The predicted octanol–water partition coefficient (Wildman–Crippen LogP) is 1.88. The first-order valence-corrected chi connectivity index (χ1v) is 4.57. The average Bonchev–Trinajstić information content (AvgIpc) is 2.29. The van der Waals surface area contributed by atoms with Crippen molar-refractivity contribution in [2.24, 2.45) is 0 Å². The molecule has 0 amide bonds. The highest BCUT2D eigenvalue weighted by atomic mass is 16.3. The van der Waals surface area contributed by atoms with Crippen molar-refractivity contribution in [2.45, 2.75) is 0 Å². The molecule has 0 saturated heterocycles. The lowest BCUT2D eigenvalue weighted by Gasteiger charge is -2.06. The normalized spacial score (nSPS) is 10.2. The molecule has 4 heteroatoms. The summed E-state index contributed by atoms with van der Waals surface area (Å²) in [5, 5.41) is 20.0. The molecule has 2 aromatic rings. The molecule has 0 atom stereocenters. The second-order valence-corrected chi connectivity index (χ2v) is 3.33. The highest BCUT2D eigenvalue weighted by molar-refractivity contribution is 6.05. The zero-order valence-electron chi connectivity index (χ0n) is 8.18. The molecule has 0 heterocycles. The Labute approximate surface area is 90.8 Å². The van der Waals surface area contributed by atoms with Crippen molar-refractivity contribution in [1.29, 1.82) is 0 Å². The third kappa shape index (κ3) is 1.32. The van der Waals surface area contributed by atoms with E-state index < -0.39 is 0 Å². The van der Waals surface area contributed by atoms with Gasteiger partial charge in [0.05, 0.1) is 11.1 Å². The Morgan fingerprint density at radius 3 is 2.19 bits per heavy atom. The molecule has 0 aromatic heterocycles. The van der Waals surface area contributed by atoms with Gasteiger partial charge < -0.3 is 10.2 Å². The van der Waals surface area contributed by atoms with E-state index in [9.17, 15) is 19.8 Å². The van der Waals surface area contributed by atoms with Crippen molar-refractivity contribution >= 4 is 23.3 Å². The van der Waals surface area contributed by atoms with Crippen LogP contribution in [0.5, 0.6) is 11.5 Å². The highest BCUT2D eigenvalue weighted by Gasteiger charge is 2.11. The lowest BCUT2D eigenvalue weighted by molar-refractivity contribution is 0.111. The molecule has 0 saturated carbocycles. The van der Waals surface area contributed by atoms with Crippen LogP contribution < -0.4 is 0 Å². The van der Waals surface area contributed by atoms with Crippen LogP contribution >= 0.6 is 0 Å². The smallest absolute Gasteiger partial charge is 0.154 e. The number of hydrogen-bond acceptors (Lipinski definition) is 4. The van der Waals surface area contributed by atoms with Gasteiger partial charge in [-0.05, 0) is 23.6 Å². The number of rotatable bonds is 2. The minimum Gasteiger partial charge on any atom is -0.507 e. The van der Waals surface area contributed by atoms with E-state index in [1.807, 2.05) is 0 Å². The van der Waals surface area contributed by atoms with E-state index in [-0.39, 0.29) is 22.6 Å². The maximum Gasteiger partial charge on any atom is 0.154 e. The van der Waals surface area contributed by atoms with Crippen LogP contribution in [0.4, 0.5) is 0 Å². The molecule has 0 bridgehead atoms. The molecule has 2 aromatic carbocycles. The van der Waals surface area contributed by atoms with Crippen molar-refractivity contribution in [3.63, 3.8) is 0 Å². The zero-order valence-corrected chi connectivity index (χ0v) is 8.18. The summed E-state index contributed by atoms with van der Waals surface area (Å²) in [6.45, 7) is 0. The standard InChI is InChI=1S/C12H8O4/c13-5-7-1-2-8-9(12(7)16)3-4-11(15)10(8)6-14/h1-6,15-16H. The molecule has 0 unspecified atom stereocenters. The van der Waals surface area contributed by atoms with Gasteiger partial charge in [0.1, 0.15) is 11.5 Å². The largest absolute Gasteiger partial charge is 0.507 e. The van der Waals surface area contributed by atoms with Crippen molar-refractivity contribution in [2.75, 3.05) is 0 Å². The van der Waals surface area contributed by atoms with Crippen LogP contribution in [0.25, 0.3) is 10.8 Å². The van der Waals surface area contributed by atoms with Crippen LogP contribution in [-0.2, 0) is 0 Å². The number of phenolic OH excluding ortho intramolecular Hbond substituents is 2. The summed E-state index contributed by atoms with van der Waals surface area (Å²) in [4.78, 5) is 21.4. The summed E-state index contributed by atoms with van der Waals surface area (Å²) in [5.74, 6) is -0.337. The van der Waals surface area contributed by atoms with Crippen LogP contribution in [0.1, 0.15) is 20.7 Å². The SMILES string of the molecule is O=Cc1ccc2c(C=O)c(O)ccc2c1O. The molecule has 0 fully saturated rings. The van der Waals surface area contributed by atoms with Crippen molar-refractivity contribution in [3.8, 4) is 11.5 Å². The minimum atomic E-state index is -0.185. The Balaban J connectivity index is 2.93. The summed E-state index contributed by atoms with van der Waals surface area (Å²) < 4.78 is 0. The first-order chi connectivity index (χ1) is 7.69. The number of phenols is 2. The number of fused-ring (bicyclic) bond motifs is 1. The second kappa shape index (κ2) is 3.66. The highest BCUT2D eigenvalue weighted by Crippen LogP contribution is 2.33. The van der Waals surface area contributed by atoms with Crippen LogP contribution in [0, 0.1) is 0 Å². The lowest BCUT2D eigenvalue weighted by atomic mass is 10.0. The maximum atomic E-state index is 10.8. The molecule has 0 aliphatic carbocycles. The van der Waals surface area contributed by atoms with E-state index in [1.54, 1.807) is 0 Å². The molecular formula is C12H8O4. The topological polar surface area (TPSA) is 74.6 Å². The zero-order chi connectivity index (χ0) is 11.7. The van der Waals surface area contributed by atoms with Gasteiger partial charge in [0, 0.05) is 5.39 Å². The molecule has 16 heavy (non-hydrogen) atoms. The fourth-order valence-electron chi connectivity index (χ4n) is 1.64. The Bertz CT molecular complexity index is 587. The monoisotopic (exact) mass is 216 g/mol. The summed E-state index contributed by atoms with van der Waals surface area (Å²) >= 11 is 0. The fourth-order valence-corrected chi connectivity index (χ4v) is 1.64. The summed E-state index contributed by atoms with van der Waals surface area (Å²) in [7, 11) is 0. The van der Waals surface area contributed by atoms with Gasteiger partial charge in [0.2, 0.25) is 0 Å². The van der Waals surface area contributed by atoms with E-state index in [4.69, 9.17) is 0 Å². The quantitative estimate of drug-likeness (QED) is 0.751. The van der Waals surface area contributed by atoms with Crippen molar-refractivity contribution in [1.82, 2.24) is 0 Å². The number of aromatic hydroxyl groups is 2. The molecule has 0 radical (unpaired) electrons. The molecular weight excluding hydrogens is 208 g/mol. The van der Waals surface area contributed by atoms with Gasteiger partial charge >= 0.3 is 0 Å². The summed E-state index contributed by atoms with van der Waals surface area (Å²) in [6, 6.07) is 5.68. The molecule has 2 rings (SSSR count). The Morgan fingerprint density at radius 1 is 0.875 bits per heavy atom. The Morgan fingerprint density at radius 2 is 1.56 bits per heavy atom. The van der Waals surface area contributed by atoms with Gasteiger partial charge in [-0.1, -0.05) is 6.07 Å². The van der Waals surface area contributed by atoms with E-state index >= 15 is 0 Å². The maximum absolute atomic E-state index is 10.8. The van der Waals surface area contributed by atoms with E-state index in [1.165, 1.54) is 24.3 Å². The van der Waals surface area contributed by atoms with Crippen molar-refractivity contribution in [3.05, 3.63) is 35.4 Å². The Hall–Kier alpha value is -2.36. The molecule has 4 nitrogen and oxygen atoms in total. The fraction of sp³-hybridized carbons (Fsp3) is 0. The molecule has 0 aliphatic rings. The summed E-state index contributed by atoms with van der Waals surface area (Å²) in [5.41, 5.74) is 0.250. The second-order valence-electron chi connectivity index (χ2n) is 3.33. The first-order valence-electron chi connectivity index (χ1n) is 4.57. The van der Waals surface area contributed by atoms with Crippen molar-refractivity contribution < 1.29 is 19.8 Å². The molecule has 2 N–H and O–H groups in total. The van der Waals surface area contributed by atoms with Gasteiger partial charge in [-0.25, -0.2) is 0 Å². The molecule has 0 spiro atoms. The van der Waals surface area contributed by atoms with Crippen LogP contribution in [0.3, 0.4) is 0 Å². The minimum absolute atomic E-state index is 0.102. The molecule has 0 aliphatic heterocycles. The van der Waals surface area contributed by atoms with E-state index in [2.05, 4.69) is 0 Å². The average molecular weight is 216 g/mol. The van der Waals surface area contributed by atoms with Gasteiger partial charge in [0.25, 0.3) is 0 Å². The molecule has 80 valence electrons. The number of carbonyl (C=O) groups excluding carboxylic acids is 2. The van der Waals surface area contributed by atoms with Crippen LogP contribution in [0.15, 0.2) is 24.3 Å². The lowest BCUT2D eigenvalue weighted by Crippen LogP contribution is -1.88. The number of aldehydes is 2. The predicted molar refractivity (Wildman–Crippen MR) is 58.1 cm³/mol. The third-order valence-electron chi connectivity index (χ3n) is 2.47. The van der Waals surface area contributed by atoms with Gasteiger partial charge in [-0.3, -0.25) is 9.59 Å². The van der Waals surface area contributed by atoms with Crippen LogP contribution in [-0.4, -0.2) is 22.8 Å². The summed E-state index contributed by atoms with van der Waals surface area (Å²) in [6.07, 6.45) is 1.04. The van der Waals surface area contributed by atoms with Gasteiger partial charge in [0.15, 0.2) is 12.6 Å². The van der Waals surface area contributed by atoms with E-state index in [0.29, 0.717) is 23.3 Å².